The maximum absolute atomic E-state index is 13.6. The lowest BCUT2D eigenvalue weighted by Gasteiger charge is -2.37. The van der Waals surface area contributed by atoms with Crippen LogP contribution in [0.5, 0.6) is 0 Å². The maximum atomic E-state index is 13.6. The van der Waals surface area contributed by atoms with E-state index in [2.05, 4.69) is 42.5 Å². The van der Waals surface area contributed by atoms with E-state index in [0.717, 1.165) is 83.5 Å². The first-order chi connectivity index (χ1) is 48.5. The van der Waals surface area contributed by atoms with E-state index in [1.54, 1.807) is 96.9 Å². The van der Waals surface area contributed by atoms with E-state index < -0.39 is 119 Å². The lowest BCUT2D eigenvalue weighted by molar-refractivity contribution is -0.275. The van der Waals surface area contributed by atoms with Gasteiger partial charge in [-0.1, -0.05) is 143 Å². The van der Waals surface area contributed by atoms with Crippen LogP contribution in [0.25, 0.3) is 0 Å². The second kappa shape index (κ2) is 50.1. The van der Waals surface area contributed by atoms with Gasteiger partial charge in [-0.15, -0.1) is 0 Å². The highest BCUT2D eigenvalue weighted by atomic mass is 16.6. The molecule has 1 saturated heterocycles. The molecule has 608 valence electrons. The molecule has 9 unspecified atom stereocenters. The Hall–Kier alpha value is -5.64. The van der Waals surface area contributed by atoms with Crippen LogP contribution in [-0.2, 0) is 42.7 Å². The van der Waals surface area contributed by atoms with Crippen molar-refractivity contribution < 1.29 is 91.9 Å². The van der Waals surface area contributed by atoms with Gasteiger partial charge in [0.25, 0.3) is 5.91 Å². The van der Waals surface area contributed by atoms with Crippen molar-refractivity contribution in [1.29, 1.82) is 0 Å². The Bertz CT molecular complexity index is 2350. The number of amides is 8. The van der Waals surface area contributed by atoms with E-state index in [-0.39, 0.29) is 49.8 Å². The Morgan fingerprint density at radius 2 is 0.673 bits per heavy atom. The van der Waals surface area contributed by atoms with Gasteiger partial charge >= 0.3 is 36.6 Å². The van der Waals surface area contributed by atoms with Crippen molar-refractivity contribution in [1.82, 2.24) is 42.5 Å². The molecule has 8 amide bonds. The third kappa shape index (κ3) is 47.8. The lowest BCUT2D eigenvalue weighted by Crippen LogP contribution is -2.61. The van der Waals surface area contributed by atoms with Gasteiger partial charge in [0.1, 0.15) is 51.9 Å². The Morgan fingerprint density at radius 1 is 0.356 bits per heavy atom. The van der Waals surface area contributed by atoms with E-state index in [1.807, 2.05) is 27.7 Å². The zero-order valence-electron chi connectivity index (χ0n) is 67.4. The van der Waals surface area contributed by atoms with Crippen LogP contribution in [0, 0.1) is 5.92 Å². The minimum Gasteiger partial charge on any atom is -0.444 e. The molecule has 0 radical (unpaired) electrons. The molecule has 0 bridgehead atoms. The molecule has 1 aliphatic heterocycles. The number of rotatable bonds is 52. The van der Waals surface area contributed by atoms with Crippen molar-refractivity contribution in [3.8, 4) is 0 Å². The molecule has 1 fully saturated rings. The van der Waals surface area contributed by atoms with Gasteiger partial charge in [0.2, 0.25) is 5.91 Å². The second-order valence-electron chi connectivity index (χ2n) is 33.1. The largest absolute Gasteiger partial charge is 0.444 e. The molecule has 12 N–H and O–H groups in total. The fraction of sp³-hybridized carbons (Fsp3) is 0.896. The van der Waals surface area contributed by atoms with Crippen LogP contribution in [0.15, 0.2) is 0 Å². The van der Waals surface area contributed by atoms with Crippen LogP contribution in [0.4, 0.5) is 28.8 Å². The van der Waals surface area contributed by atoms with Gasteiger partial charge in [-0.3, -0.25) is 9.59 Å². The fourth-order valence-corrected chi connectivity index (χ4v) is 12.8. The molecule has 0 aliphatic carbocycles. The highest BCUT2D eigenvalue weighted by molar-refractivity contribution is 5.81. The SMILES string of the molecule is CCCC(CC(C)(C)OC(=O)NCC(CCCCCCNC(=O)CCCCCCCCCCCCCCCCCNC(=O)C1OC(O)C(O)C(O)C1O)CNC(=O)OC(C)(C)CC(CCC)NC(=O)OC(C)(C)CC(CC)NC(=O)OC(C)(C)C)NC(=O)OC(C)(C)CC(CC)NC(=O)OC(C)(C)C. The summed E-state index contributed by atoms with van der Waals surface area (Å²) in [5, 5.41) is 62.4. The Balaban J connectivity index is 2.75. The third-order valence-corrected chi connectivity index (χ3v) is 17.9. The predicted molar refractivity (Wildman–Crippen MR) is 403 cm³/mol. The highest BCUT2D eigenvalue weighted by Crippen LogP contribution is 2.27. The number of nitrogens with one attached hydrogen (secondary N) is 8. The van der Waals surface area contributed by atoms with E-state index in [4.69, 9.17) is 33.2 Å². The number of aliphatic hydroxyl groups excluding tert-OH is 4. The van der Waals surface area contributed by atoms with Crippen LogP contribution in [0.3, 0.4) is 0 Å². The molecule has 104 heavy (non-hydrogen) atoms. The third-order valence-electron chi connectivity index (χ3n) is 17.9. The molecular formula is C77H146N8O19. The minimum atomic E-state index is -1.75. The summed E-state index contributed by atoms with van der Waals surface area (Å²) in [5.41, 5.74) is -5.27. The van der Waals surface area contributed by atoms with Crippen molar-refractivity contribution >= 4 is 48.4 Å². The number of hydrogen-bond acceptors (Lipinski definition) is 19. The number of ether oxygens (including phenoxy) is 7. The monoisotopic (exact) mass is 1490 g/mol. The summed E-state index contributed by atoms with van der Waals surface area (Å²) in [6.07, 6.45) is 14.2. The van der Waals surface area contributed by atoms with Gasteiger partial charge in [0.05, 0.1) is 0 Å². The van der Waals surface area contributed by atoms with E-state index in [1.165, 1.54) is 51.4 Å². The standard InChI is InChI=1S/C77H146N8O19/c1-19-42-57(84-70(96)103-74(11,12)48-55(21-3)82-68(94)99-72(5,6)7)50-76(15,16)101-66(92)80-52-54(53-81-67(93)102-77(17,18)51-58(43-20-2)85-71(97)104-75(13,14)49-56(22-4)83-69(95)100-73(8,9)10)44-38-35-37-40-46-78-59(86)45-39-34-32-30-28-26-24-23-25-27-29-31-33-36-41-47-79-64(90)63-61(88)60(87)62(89)65(91)98-63/h54-58,60-63,65,87-89,91H,19-53H2,1-18H3,(H,78,86)(H,79,90)(H,80,92)(H,81,93)(H,82,94)(H,83,95)(H,84,96)(H,85,97). The van der Waals surface area contributed by atoms with E-state index in [9.17, 15) is 58.8 Å². The maximum Gasteiger partial charge on any atom is 0.407 e. The van der Waals surface area contributed by atoms with Gasteiger partial charge in [-0.25, -0.2) is 28.8 Å². The lowest BCUT2D eigenvalue weighted by atomic mass is 9.95. The minimum absolute atomic E-state index is 0.0638. The molecular weight excluding hydrogens is 1340 g/mol. The summed E-state index contributed by atoms with van der Waals surface area (Å²) in [7, 11) is 0. The van der Waals surface area contributed by atoms with Gasteiger partial charge in [0, 0.05) is 82.5 Å². The van der Waals surface area contributed by atoms with Gasteiger partial charge in [-0.2, -0.15) is 0 Å². The van der Waals surface area contributed by atoms with Crippen LogP contribution in [0.1, 0.15) is 324 Å². The highest BCUT2D eigenvalue weighted by Gasteiger charge is 2.46. The van der Waals surface area contributed by atoms with Crippen molar-refractivity contribution in [2.24, 2.45) is 5.92 Å². The van der Waals surface area contributed by atoms with Crippen LogP contribution in [-0.4, -0.2) is 183 Å². The molecule has 1 heterocycles. The smallest absolute Gasteiger partial charge is 0.407 e. The molecule has 0 aromatic carbocycles. The number of carbonyl (C=O) groups is 8. The molecule has 27 heteroatoms. The van der Waals surface area contributed by atoms with Crippen LogP contribution in [0.2, 0.25) is 0 Å². The first-order valence-electron chi connectivity index (χ1n) is 39.4. The molecule has 0 aromatic rings. The van der Waals surface area contributed by atoms with Crippen molar-refractivity contribution in [3.05, 3.63) is 0 Å². The second-order valence-corrected chi connectivity index (χ2v) is 33.1. The van der Waals surface area contributed by atoms with Crippen LogP contribution < -0.4 is 42.5 Å². The Kier molecular flexibility index (Phi) is 46.4. The number of aliphatic hydroxyl groups is 4. The topological polar surface area (TPSA) is 378 Å². The molecule has 1 rings (SSSR count). The summed E-state index contributed by atoms with van der Waals surface area (Å²) < 4.78 is 39.7. The van der Waals surface area contributed by atoms with Crippen LogP contribution >= 0.6 is 0 Å². The molecule has 0 aromatic heterocycles. The van der Waals surface area contributed by atoms with Gasteiger partial charge < -0.3 is 96.1 Å². The molecule has 1 aliphatic rings. The molecule has 0 spiro atoms. The first kappa shape index (κ1) is 96.4. The van der Waals surface area contributed by atoms with Crippen molar-refractivity contribution in [2.75, 3.05) is 26.2 Å². The number of alkyl carbamates (subject to hydrolysis) is 6. The predicted octanol–water partition coefficient (Wildman–Crippen LogP) is 13.4. The molecule has 27 nitrogen and oxygen atoms in total. The first-order valence-corrected chi connectivity index (χ1v) is 39.4. The van der Waals surface area contributed by atoms with Crippen molar-refractivity contribution in [3.63, 3.8) is 0 Å². The summed E-state index contributed by atoms with van der Waals surface area (Å²) in [6, 6.07) is -1.42. The molecule has 9 atom stereocenters. The number of unbranched alkanes of at least 4 members (excludes halogenated alkanes) is 17. The molecule has 0 saturated carbocycles. The fourth-order valence-electron chi connectivity index (χ4n) is 12.8. The van der Waals surface area contributed by atoms with E-state index >= 15 is 0 Å². The average molecular weight is 1490 g/mol. The quantitative estimate of drug-likeness (QED) is 0.0199. The average Bonchev–Trinajstić information content (AvgIpc) is 0.816. The zero-order chi connectivity index (χ0) is 78.7. The van der Waals surface area contributed by atoms with E-state index in [0.29, 0.717) is 64.5 Å². The normalized spacial score (nSPS) is 18.1. The Labute approximate surface area is 624 Å². The number of hydrogen-bond donors (Lipinski definition) is 12. The van der Waals surface area contributed by atoms with Crippen molar-refractivity contribution in [2.45, 2.75) is 412 Å². The summed E-state index contributed by atoms with van der Waals surface area (Å²) in [5.74, 6) is -0.790. The zero-order valence-corrected chi connectivity index (χ0v) is 67.4. The summed E-state index contributed by atoms with van der Waals surface area (Å²) in [4.78, 5) is 104. The summed E-state index contributed by atoms with van der Waals surface area (Å²) in [6.45, 7) is 34.2. The summed E-state index contributed by atoms with van der Waals surface area (Å²) >= 11 is 0. The van der Waals surface area contributed by atoms with Gasteiger partial charge in [-0.05, 0) is 154 Å². The number of carbonyl (C=O) groups excluding carboxylic acids is 8. The Morgan fingerprint density at radius 3 is 1.04 bits per heavy atom. The van der Waals surface area contributed by atoms with Gasteiger partial charge in [0.15, 0.2) is 12.4 Å².